The lowest BCUT2D eigenvalue weighted by molar-refractivity contribution is 0.161. The third kappa shape index (κ3) is 5.84. The van der Waals surface area contributed by atoms with E-state index in [4.69, 9.17) is 4.74 Å². The Kier molecular flexibility index (Phi) is 6.50. The lowest BCUT2D eigenvalue weighted by Crippen LogP contribution is -2.31. The van der Waals surface area contributed by atoms with Crippen LogP contribution in [0.15, 0.2) is 10.9 Å². The second-order valence-corrected chi connectivity index (χ2v) is 4.17. The SMILES string of the molecule is COCCN(C)CCNCc1cscn1. The molecule has 1 heterocycles. The van der Waals surface area contributed by atoms with Gasteiger partial charge in [-0.25, -0.2) is 4.98 Å². The largest absolute Gasteiger partial charge is 0.383 e. The van der Waals surface area contributed by atoms with Crippen LogP contribution in [0.3, 0.4) is 0 Å². The zero-order valence-electron chi connectivity index (χ0n) is 9.40. The van der Waals surface area contributed by atoms with E-state index in [9.17, 15) is 0 Å². The van der Waals surface area contributed by atoms with Crippen molar-refractivity contribution in [2.45, 2.75) is 6.54 Å². The average Bonchev–Trinajstić information content (AvgIpc) is 2.74. The predicted molar refractivity (Wildman–Crippen MR) is 63.2 cm³/mol. The molecule has 0 aliphatic heterocycles. The summed E-state index contributed by atoms with van der Waals surface area (Å²) in [4.78, 5) is 6.45. The number of methoxy groups -OCH3 is 1. The maximum Gasteiger partial charge on any atom is 0.0795 e. The van der Waals surface area contributed by atoms with Crippen molar-refractivity contribution in [3.63, 3.8) is 0 Å². The van der Waals surface area contributed by atoms with Gasteiger partial charge in [0.25, 0.3) is 0 Å². The first-order valence-electron chi connectivity index (χ1n) is 5.08. The smallest absolute Gasteiger partial charge is 0.0795 e. The van der Waals surface area contributed by atoms with Crippen molar-refractivity contribution in [3.05, 3.63) is 16.6 Å². The monoisotopic (exact) mass is 229 g/mol. The van der Waals surface area contributed by atoms with Gasteiger partial charge in [-0.1, -0.05) is 0 Å². The van der Waals surface area contributed by atoms with Crippen molar-refractivity contribution in [3.8, 4) is 0 Å². The highest BCUT2D eigenvalue weighted by molar-refractivity contribution is 7.07. The molecule has 0 atom stereocenters. The Balaban J connectivity index is 1.97. The quantitative estimate of drug-likeness (QED) is 0.669. The number of likely N-dealkylation sites (N-methyl/N-ethyl adjacent to an activating group) is 1. The molecule has 0 radical (unpaired) electrons. The zero-order valence-corrected chi connectivity index (χ0v) is 10.2. The molecular weight excluding hydrogens is 210 g/mol. The maximum atomic E-state index is 5.01. The van der Waals surface area contributed by atoms with E-state index in [1.54, 1.807) is 18.4 Å². The highest BCUT2D eigenvalue weighted by Gasteiger charge is 1.97. The Hall–Kier alpha value is -0.490. The van der Waals surface area contributed by atoms with Crippen LogP contribution in [0.5, 0.6) is 0 Å². The van der Waals surface area contributed by atoms with Gasteiger partial charge in [-0.05, 0) is 7.05 Å². The fraction of sp³-hybridized carbons (Fsp3) is 0.700. The number of nitrogens with zero attached hydrogens (tertiary/aromatic N) is 2. The summed E-state index contributed by atoms with van der Waals surface area (Å²) in [7, 11) is 3.83. The van der Waals surface area contributed by atoms with Crippen molar-refractivity contribution in [2.75, 3.05) is 40.4 Å². The third-order valence-electron chi connectivity index (χ3n) is 2.14. The minimum atomic E-state index is 0.794. The van der Waals surface area contributed by atoms with Gasteiger partial charge in [-0.2, -0.15) is 0 Å². The molecule has 1 aromatic heterocycles. The lowest BCUT2D eigenvalue weighted by atomic mass is 10.4. The summed E-state index contributed by atoms with van der Waals surface area (Å²) in [5.74, 6) is 0. The molecule has 0 bridgehead atoms. The van der Waals surface area contributed by atoms with Crippen molar-refractivity contribution < 1.29 is 4.74 Å². The van der Waals surface area contributed by atoms with Crippen molar-refractivity contribution in [2.24, 2.45) is 0 Å². The average molecular weight is 229 g/mol. The van der Waals surface area contributed by atoms with Crippen LogP contribution in [-0.4, -0.2) is 50.3 Å². The van der Waals surface area contributed by atoms with Crippen LogP contribution in [-0.2, 0) is 11.3 Å². The first-order chi connectivity index (χ1) is 7.33. The van der Waals surface area contributed by atoms with E-state index in [0.29, 0.717) is 0 Å². The summed E-state index contributed by atoms with van der Waals surface area (Å²) >= 11 is 1.64. The van der Waals surface area contributed by atoms with E-state index in [1.165, 1.54) is 0 Å². The second kappa shape index (κ2) is 7.76. The molecule has 0 unspecified atom stereocenters. The number of thiazole rings is 1. The highest BCUT2D eigenvalue weighted by Crippen LogP contribution is 1.99. The predicted octanol–water partition coefficient (Wildman–Crippen LogP) is 0.811. The molecule has 0 aromatic carbocycles. The molecule has 1 aromatic rings. The summed E-state index contributed by atoms with van der Waals surface area (Å²) in [5.41, 5.74) is 2.99. The fourth-order valence-electron chi connectivity index (χ4n) is 1.17. The van der Waals surface area contributed by atoms with E-state index in [2.05, 4.69) is 27.6 Å². The highest BCUT2D eigenvalue weighted by atomic mass is 32.1. The topological polar surface area (TPSA) is 37.4 Å². The number of ether oxygens (including phenoxy) is 1. The standard InChI is InChI=1S/C10H19N3OS/c1-13(5-6-14-2)4-3-11-7-10-8-15-9-12-10/h8-9,11H,3-7H2,1-2H3. The lowest BCUT2D eigenvalue weighted by Gasteiger charge is -2.15. The Morgan fingerprint density at radius 2 is 2.40 bits per heavy atom. The number of rotatable bonds is 8. The van der Waals surface area contributed by atoms with Gasteiger partial charge >= 0.3 is 0 Å². The molecule has 0 fully saturated rings. The molecule has 4 nitrogen and oxygen atoms in total. The summed E-state index contributed by atoms with van der Waals surface area (Å²) in [6, 6.07) is 0. The van der Waals surface area contributed by atoms with E-state index in [0.717, 1.165) is 38.5 Å². The summed E-state index contributed by atoms with van der Waals surface area (Å²) in [5, 5.41) is 5.43. The molecule has 0 aliphatic rings. The number of hydrogen-bond acceptors (Lipinski definition) is 5. The molecule has 0 amide bonds. The van der Waals surface area contributed by atoms with Crippen LogP contribution in [0.4, 0.5) is 0 Å². The molecule has 0 saturated carbocycles. The Morgan fingerprint density at radius 3 is 3.07 bits per heavy atom. The molecule has 15 heavy (non-hydrogen) atoms. The minimum absolute atomic E-state index is 0.794. The molecule has 0 aliphatic carbocycles. The van der Waals surface area contributed by atoms with Gasteiger partial charge in [-0.15, -0.1) is 11.3 Å². The van der Waals surface area contributed by atoms with Crippen LogP contribution < -0.4 is 5.32 Å². The Bertz CT molecular complexity index is 241. The van der Waals surface area contributed by atoms with E-state index >= 15 is 0 Å². The van der Waals surface area contributed by atoms with Gasteiger partial charge in [0.15, 0.2) is 0 Å². The van der Waals surface area contributed by atoms with Gasteiger partial charge in [0.1, 0.15) is 0 Å². The second-order valence-electron chi connectivity index (χ2n) is 3.45. The molecule has 0 spiro atoms. The number of hydrogen-bond donors (Lipinski definition) is 1. The van der Waals surface area contributed by atoms with Crippen LogP contribution in [0.1, 0.15) is 5.69 Å². The molecular formula is C10H19N3OS. The normalized spacial score (nSPS) is 11.1. The number of aromatic nitrogens is 1. The maximum absolute atomic E-state index is 5.01. The first-order valence-corrected chi connectivity index (χ1v) is 6.02. The number of nitrogens with one attached hydrogen (secondary N) is 1. The third-order valence-corrected chi connectivity index (χ3v) is 2.77. The molecule has 1 rings (SSSR count). The van der Waals surface area contributed by atoms with Crippen molar-refractivity contribution in [1.29, 1.82) is 0 Å². The van der Waals surface area contributed by atoms with Gasteiger partial charge in [0.05, 0.1) is 17.8 Å². The van der Waals surface area contributed by atoms with Crippen molar-refractivity contribution >= 4 is 11.3 Å². The fourth-order valence-corrected chi connectivity index (χ4v) is 1.73. The van der Waals surface area contributed by atoms with E-state index < -0.39 is 0 Å². The molecule has 5 heteroatoms. The molecule has 86 valence electrons. The van der Waals surface area contributed by atoms with Crippen LogP contribution in [0, 0.1) is 0 Å². The van der Waals surface area contributed by atoms with Gasteiger partial charge in [0.2, 0.25) is 0 Å². The summed E-state index contributed by atoms with van der Waals surface area (Å²) in [6.45, 7) is 4.66. The van der Waals surface area contributed by atoms with E-state index in [1.807, 2.05) is 5.51 Å². The molecule has 0 saturated heterocycles. The first kappa shape index (κ1) is 12.6. The zero-order chi connectivity index (χ0) is 10.9. The van der Waals surface area contributed by atoms with Gasteiger partial charge in [-0.3, -0.25) is 0 Å². The minimum Gasteiger partial charge on any atom is -0.383 e. The van der Waals surface area contributed by atoms with Gasteiger partial charge in [0, 0.05) is 38.7 Å². The van der Waals surface area contributed by atoms with Crippen LogP contribution >= 0.6 is 11.3 Å². The molecule has 1 N–H and O–H groups in total. The van der Waals surface area contributed by atoms with E-state index in [-0.39, 0.29) is 0 Å². The summed E-state index contributed by atoms with van der Waals surface area (Å²) in [6.07, 6.45) is 0. The Labute approximate surface area is 95.3 Å². The summed E-state index contributed by atoms with van der Waals surface area (Å²) < 4.78 is 5.01. The van der Waals surface area contributed by atoms with Crippen LogP contribution in [0.25, 0.3) is 0 Å². The van der Waals surface area contributed by atoms with Crippen LogP contribution in [0.2, 0.25) is 0 Å². The van der Waals surface area contributed by atoms with Crippen molar-refractivity contribution in [1.82, 2.24) is 15.2 Å². The van der Waals surface area contributed by atoms with Gasteiger partial charge < -0.3 is 15.0 Å². The Morgan fingerprint density at radius 1 is 1.53 bits per heavy atom.